The van der Waals surface area contributed by atoms with Crippen molar-refractivity contribution in [1.29, 1.82) is 0 Å². The van der Waals surface area contributed by atoms with Crippen molar-refractivity contribution in [3.8, 4) is 0 Å². The van der Waals surface area contributed by atoms with Crippen molar-refractivity contribution in [1.82, 2.24) is 15.1 Å². The van der Waals surface area contributed by atoms with E-state index in [1.165, 1.54) is 0 Å². The summed E-state index contributed by atoms with van der Waals surface area (Å²) in [5.74, 6) is 0.753. The molecule has 2 heterocycles. The van der Waals surface area contributed by atoms with Crippen LogP contribution in [0.25, 0.3) is 0 Å². The molecule has 1 aliphatic rings. The topological polar surface area (TPSA) is 78.5 Å². The SMILES string of the molecule is CC(C)(O)CN1CCN(c2nnccc2C(N)=S)CC1. The van der Waals surface area contributed by atoms with Gasteiger partial charge in [-0.2, -0.15) is 5.10 Å². The minimum atomic E-state index is -0.668. The zero-order valence-electron chi connectivity index (χ0n) is 11.9. The van der Waals surface area contributed by atoms with E-state index in [-0.39, 0.29) is 0 Å². The Morgan fingerprint density at radius 3 is 2.60 bits per heavy atom. The van der Waals surface area contributed by atoms with Crippen molar-refractivity contribution < 1.29 is 5.11 Å². The van der Waals surface area contributed by atoms with E-state index in [0.29, 0.717) is 11.5 Å². The fraction of sp³-hybridized carbons (Fsp3) is 0.615. The number of β-amino-alcohol motifs (C(OH)–C–C–N with tert-alkyl or cyclic N) is 1. The first-order valence-corrected chi connectivity index (χ1v) is 7.09. The average Bonchev–Trinajstić information content (AvgIpc) is 2.38. The predicted octanol–water partition coefficient (Wildman–Crippen LogP) is 0.00370. The van der Waals surface area contributed by atoms with Crippen LogP contribution < -0.4 is 10.6 Å². The minimum absolute atomic E-state index is 0.342. The Kier molecular flexibility index (Phi) is 4.52. The third-order valence-electron chi connectivity index (χ3n) is 3.25. The van der Waals surface area contributed by atoms with Crippen molar-refractivity contribution in [3.05, 3.63) is 17.8 Å². The molecule has 2 rings (SSSR count). The number of nitrogens with two attached hydrogens (primary N) is 1. The number of anilines is 1. The second-order valence-corrected chi connectivity index (χ2v) is 6.15. The van der Waals surface area contributed by atoms with Gasteiger partial charge in [-0.15, -0.1) is 5.10 Å². The molecule has 110 valence electrons. The van der Waals surface area contributed by atoms with Crippen LogP contribution in [-0.4, -0.2) is 63.5 Å². The monoisotopic (exact) mass is 295 g/mol. The Morgan fingerprint density at radius 1 is 1.40 bits per heavy atom. The van der Waals surface area contributed by atoms with E-state index in [9.17, 15) is 5.11 Å². The lowest BCUT2D eigenvalue weighted by atomic mass is 10.1. The second-order valence-electron chi connectivity index (χ2n) is 5.71. The third kappa shape index (κ3) is 3.84. The van der Waals surface area contributed by atoms with E-state index < -0.39 is 5.60 Å². The molecule has 7 heteroatoms. The van der Waals surface area contributed by atoms with Crippen molar-refractivity contribution in [2.45, 2.75) is 19.4 Å². The quantitative estimate of drug-likeness (QED) is 0.757. The zero-order chi connectivity index (χ0) is 14.8. The molecule has 0 unspecified atom stereocenters. The molecule has 0 saturated carbocycles. The Morgan fingerprint density at radius 2 is 2.05 bits per heavy atom. The van der Waals surface area contributed by atoms with Gasteiger partial charge in [-0.1, -0.05) is 12.2 Å². The second kappa shape index (κ2) is 5.99. The van der Waals surface area contributed by atoms with Gasteiger partial charge in [0.2, 0.25) is 0 Å². The predicted molar refractivity (Wildman–Crippen MR) is 82.9 cm³/mol. The summed E-state index contributed by atoms with van der Waals surface area (Å²) in [5, 5.41) is 17.9. The van der Waals surface area contributed by atoms with Gasteiger partial charge in [-0.05, 0) is 19.9 Å². The molecule has 1 aliphatic heterocycles. The summed E-state index contributed by atoms with van der Waals surface area (Å²) in [7, 11) is 0. The van der Waals surface area contributed by atoms with Gasteiger partial charge in [-0.3, -0.25) is 4.90 Å². The lowest BCUT2D eigenvalue weighted by Crippen LogP contribution is -2.51. The number of thiocarbonyl (C=S) groups is 1. The highest BCUT2D eigenvalue weighted by atomic mass is 32.1. The Hall–Kier alpha value is -1.31. The number of aliphatic hydroxyl groups is 1. The smallest absolute Gasteiger partial charge is 0.161 e. The van der Waals surface area contributed by atoms with Crippen LogP contribution >= 0.6 is 12.2 Å². The van der Waals surface area contributed by atoms with Gasteiger partial charge in [0, 0.05) is 32.7 Å². The van der Waals surface area contributed by atoms with Gasteiger partial charge in [-0.25, -0.2) is 0 Å². The van der Waals surface area contributed by atoms with E-state index in [1.54, 1.807) is 12.3 Å². The minimum Gasteiger partial charge on any atom is -0.389 e. The first kappa shape index (κ1) is 15.1. The van der Waals surface area contributed by atoms with E-state index >= 15 is 0 Å². The number of rotatable bonds is 4. The maximum Gasteiger partial charge on any atom is 0.161 e. The molecule has 1 aromatic rings. The first-order chi connectivity index (χ1) is 9.37. The highest BCUT2D eigenvalue weighted by Crippen LogP contribution is 2.18. The largest absolute Gasteiger partial charge is 0.389 e. The van der Waals surface area contributed by atoms with Crippen LogP contribution in [0, 0.1) is 0 Å². The third-order valence-corrected chi connectivity index (χ3v) is 3.47. The molecular weight excluding hydrogens is 274 g/mol. The van der Waals surface area contributed by atoms with Crippen LogP contribution in [0.5, 0.6) is 0 Å². The van der Waals surface area contributed by atoms with E-state index in [1.807, 2.05) is 13.8 Å². The number of nitrogens with zero attached hydrogens (tertiary/aromatic N) is 4. The van der Waals surface area contributed by atoms with Crippen LogP contribution in [0.15, 0.2) is 12.3 Å². The molecule has 0 bridgehead atoms. The summed E-state index contributed by atoms with van der Waals surface area (Å²) < 4.78 is 0. The van der Waals surface area contributed by atoms with E-state index in [4.69, 9.17) is 18.0 Å². The summed E-state index contributed by atoms with van der Waals surface area (Å²) in [6, 6.07) is 1.80. The fourth-order valence-corrected chi connectivity index (χ4v) is 2.57. The normalized spacial score (nSPS) is 17.2. The number of hydrogen-bond acceptors (Lipinski definition) is 6. The van der Waals surface area contributed by atoms with Crippen LogP contribution in [0.3, 0.4) is 0 Å². The van der Waals surface area contributed by atoms with Crippen molar-refractivity contribution >= 4 is 23.0 Å². The molecule has 0 aliphatic carbocycles. The van der Waals surface area contributed by atoms with Crippen molar-refractivity contribution in [2.24, 2.45) is 5.73 Å². The van der Waals surface area contributed by atoms with Gasteiger partial charge < -0.3 is 15.7 Å². The maximum absolute atomic E-state index is 9.86. The van der Waals surface area contributed by atoms with Crippen LogP contribution in [0.4, 0.5) is 5.82 Å². The van der Waals surface area contributed by atoms with Gasteiger partial charge >= 0.3 is 0 Å². The van der Waals surface area contributed by atoms with Crippen LogP contribution in [0.2, 0.25) is 0 Å². The molecule has 1 fully saturated rings. The average molecular weight is 295 g/mol. The molecule has 6 nitrogen and oxygen atoms in total. The highest BCUT2D eigenvalue weighted by Gasteiger charge is 2.24. The summed E-state index contributed by atoms with van der Waals surface area (Å²) in [4.78, 5) is 4.73. The first-order valence-electron chi connectivity index (χ1n) is 6.68. The van der Waals surface area contributed by atoms with E-state index in [0.717, 1.165) is 37.6 Å². The fourth-order valence-electron chi connectivity index (χ4n) is 2.42. The van der Waals surface area contributed by atoms with Crippen molar-refractivity contribution in [2.75, 3.05) is 37.6 Å². The molecule has 1 saturated heterocycles. The van der Waals surface area contributed by atoms with E-state index in [2.05, 4.69) is 20.0 Å². The molecule has 1 aromatic heterocycles. The highest BCUT2D eigenvalue weighted by molar-refractivity contribution is 7.80. The Labute approximate surface area is 124 Å². The summed E-state index contributed by atoms with van der Waals surface area (Å²) in [6.07, 6.45) is 1.60. The van der Waals surface area contributed by atoms with Gasteiger partial charge in [0.15, 0.2) is 5.82 Å². The molecule has 0 spiro atoms. The van der Waals surface area contributed by atoms with Gasteiger partial charge in [0.1, 0.15) is 4.99 Å². The maximum atomic E-state index is 9.86. The Balaban J connectivity index is 2.03. The molecule has 3 N–H and O–H groups in total. The standard InChI is InChI=1S/C13H21N5OS/c1-13(2,19)9-17-5-7-18(8-6-17)12-10(11(14)20)3-4-15-16-12/h3-4,19H,5-9H2,1-2H3,(H2,14,20). The van der Waals surface area contributed by atoms with Crippen LogP contribution in [0.1, 0.15) is 19.4 Å². The lowest BCUT2D eigenvalue weighted by molar-refractivity contribution is 0.0344. The summed E-state index contributed by atoms with van der Waals surface area (Å²) in [5.41, 5.74) is 5.83. The summed E-state index contributed by atoms with van der Waals surface area (Å²) >= 11 is 5.05. The number of aromatic nitrogens is 2. The Bertz CT molecular complexity index is 480. The van der Waals surface area contributed by atoms with Crippen LogP contribution in [-0.2, 0) is 0 Å². The molecule has 0 atom stereocenters. The number of piperazine rings is 1. The zero-order valence-corrected chi connectivity index (χ0v) is 12.7. The van der Waals surface area contributed by atoms with Gasteiger partial charge in [0.05, 0.1) is 17.4 Å². The molecule has 0 radical (unpaired) electrons. The lowest BCUT2D eigenvalue weighted by Gasteiger charge is -2.38. The molecule has 20 heavy (non-hydrogen) atoms. The molecular formula is C13H21N5OS. The van der Waals surface area contributed by atoms with Gasteiger partial charge in [0.25, 0.3) is 0 Å². The van der Waals surface area contributed by atoms with Crippen molar-refractivity contribution in [3.63, 3.8) is 0 Å². The molecule has 0 amide bonds. The number of hydrogen-bond donors (Lipinski definition) is 2. The molecule has 0 aromatic carbocycles. The summed E-state index contributed by atoms with van der Waals surface area (Å²) in [6.45, 7) is 7.72.